The normalized spacial score (nSPS) is 9.33. The van der Waals surface area contributed by atoms with Crippen molar-refractivity contribution < 1.29 is 8.42 Å². The zero-order chi connectivity index (χ0) is 11.3. The van der Waals surface area contributed by atoms with Gasteiger partial charge in [-0.15, -0.1) is 37.2 Å². The van der Waals surface area contributed by atoms with Crippen LogP contribution in [0, 0.1) is 11.3 Å². The van der Waals surface area contributed by atoms with Gasteiger partial charge in [0.05, 0.1) is 20.4 Å². The zero-order valence-electron chi connectivity index (χ0n) is 8.81. The molecule has 0 atom stereocenters. The Bertz CT molecular complexity index is 512. The highest BCUT2D eigenvalue weighted by molar-refractivity contribution is 7.94. The van der Waals surface area contributed by atoms with Crippen LogP contribution in [0.2, 0.25) is 0 Å². The standard InChI is InChI=1S/C9H7N2O2PS.3ClH/c10-6-1-7-15(12,13)9-4-2-8(11-14)3-5-9;;;/h1-5,7,11H;3*1H. The van der Waals surface area contributed by atoms with E-state index in [4.69, 9.17) is 5.26 Å². The molecule has 0 saturated carbocycles. The average molecular weight is 348 g/mol. The molecule has 0 aromatic heterocycles. The van der Waals surface area contributed by atoms with E-state index in [-0.39, 0.29) is 42.1 Å². The summed E-state index contributed by atoms with van der Waals surface area (Å²) in [6.45, 7) is 0. The smallest absolute Gasteiger partial charge is 0.200 e. The maximum atomic E-state index is 11.5. The lowest BCUT2D eigenvalue weighted by molar-refractivity contribution is 0.604. The summed E-state index contributed by atoms with van der Waals surface area (Å²) in [5.74, 6) is 0. The third-order valence-corrected chi connectivity index (χ3v) is 3.32. The largest absolute Gasteiger partial charge is 0.354 e. The number of nitrogens with zero attached hydrogens (tertiary/aromatic N) is 1. The van der Waals surface area contributed by atoms with Crippen LogP contribution in [0.3, 0.4) is 0 Å². The highest BCUT2D eigenvalue weighted by atomic mass is 35.5. The number of halogens is 3. The van der Waals surface area contributed by atoms with E-state index in [2.05, 4.69) is 14.5 Å². The average Bonchev–Trinajstić information content (AvgIpc) is 2.26. The first-order valence-corrected chi connectivity index (χ1v) is 5.91. The van der Waals surface area contributed by atoms with Crippen LogP contribution >= 0.6 is 46.6 Å². The van der Waals surface area contributed by atoms with E-state index in [0.717, 1.165) is 11.5 Å². The number of nitriles is 1. The predicted octanol–water partition coefficient (Wildman–Crippen LogP) is 3.50. The topological polar surface area (TPSA) is 70.0 Å². The molecule has 0 unspecified atom stereocenters. The lowest BCUT2D eigenvalue weighted by Crippen LogP contribution is -1.95. The van der Waals surface area contributed by atoms with Crippen molar-refractivity contribution >= 4 is 62.1 Å². The Morgan fingerprint density at radius 3 is 2.06 bits per heavy atom. The van der Waals surface area contributed by atoms with Gasteiger partial charge < -0.3 is 5.09 Å². The summed E-state index contributed by atoms with van der Waals surface area (Å²) in [5.41, 5.74) is 0.696. The number of sulfone groups is 1. The first-order valence-electron chi connectivity index (χ1n) is 3.91. The number of allylic oxidation sites excluding steroid dienone is 1. The fourth-order valence-electron chi connectivity index (χ4n) is 0.918. The molecule has 0 fully saturated rings. The molecule has 1 N–H and O–H groups in total. The van der Waals surface area contributed by atoms with Gasteiger partial charge in [-0.1, -0.05) is 0 Å². The second kappa shape index (κ2) is 10.4. The molecule has 0 spiro atoms. The summed E-state index contributed by atoms with van der Waals surface area (Å²) in [5, 5.41) is 11.7. The van der Waals surface area contributed by atoms with Crippen molar-refractivity contribution in [2.45, 2.75) is 4.90 Å². The van der Waals surface area contributed by atoms with Gasteiger partial charge in [0.1, 0.15) is 0 Å². The van der Waals surface area contributed by atoms with Crippen molar-refractivity contribution in [3.05, 3.63) is 35.7 Å². The summed E-state index contributed by atoms with van der Waals surface area (Å²) in [7, 11) is 0.314. The maximum Gasteiger partial charge on any atom is 0.200 e. The minimum absolute atomic E-state index is 0. The number of benzene rings is 1. The first kappa shape index (κ1) is 22.7. The number of nitrogens with one attached hydrogen (secondary N) is 1. The molecule has 0 aliphatic heterocycles. The molecule has 9 heteroatoms. The van der Waals surface area contributed by atoms with Gasteiger partial charge in [-0.25, -0.2) is 8.42 Å². The van der Waals surface area contributed by atoms with E-state index in [9.17, 15) is 8.42 Å². The van der Waals surface area contributed by atoms with Gasteiger partial charge in [-0.2, -0.15) is 5.26 Å². The molecule has 0 amide bonds. The Morgan fingerprint density at radius 1 is 1.17 bits per heavy atom. The summed E-state index contributed by atoms with van der Waals surface area (Å²) in [4.78, 5) is 0.140. The zero-order valence-corrected chi connectivity index (χ0v) is 13.0. The van der Waals surface area contributed by atoms with Crippen molar-refractivity contribution in [1.82, 2.24) is 0 Å². The van der Waals surface area contributed by atoms with Gasteiger partial charge in [-0.05, 0) is 24.3 Å². The second-order valence-electron chi connectivity index (χ2n) is 2.61. The molecule has 0 bridgehead atoms. The van der Waals surface area contributed by atoms with Gasteiger partial charge in [0, 0.05) is 17.2 Å². The monoisotopic (exact) mass is 346 g/mol. The molecular formula is C9H10Cl3N2O2PS. The van der Waals surface area contributed by atoms with Crippen LogP contribution in [0.15, 0.2) is 40.6 Å². The Balaban J connectivity index is -0.000000750. The van der Waals surface area contributed by atoms with Gasteiger partial charge in [0.25, 0.3) is 0 Å². The van der Waals surface area contributed by atoms with Crippen molar-refractivity contribution in [2.75, 3.05) is 5.09 Å². The number of hydrogen-bond donors (Lipinski definition) is 1. The third kappa shape index (κ3) is 6.44. The lowest BCUT2D eigenvalue weighted by atomic mass is 10.3. The fraction of sp³-hybridized carbons (Fsp3) is 0. The van der Waals surface area contributed by atoms with Crippen LogP contribution in [0.25, 0.3) is 0 Å². The SMILES string of the molecule is Cl.Cl.Cl.N#CC=CS(=O)(=O)c1ccc(N[P])cc1. The predicted molar refractivity (Wildman–Crippen MR) is 80.7 cm³/mol. The Kier molecular flexibility index (Phi) is 13.1. The molecule has 18 heavy (non-hydrogen) atoms. The highest BCUT2D eigenvalue weighted by Crippen LogP contribution is 2.16. The third-order valence-electron chi connectivity index (χ3n) is 1.63. The fourth-order valence-corrected chi connectivity index (χ4v) is 1.98. The Hall–Kier alpha value is -0.500. The van der Waals surface area contributed by atoms with Crippen LogP contribution < -0.4 is 5.09 Å². The van der Waals surface area contributed by atoms with Gasteiger partial charge in [0.15, 0.2) is 0 Å². The quantitative estimate of drug-likeness (QED) is 0.671. The van der Waals surface area contributed by atoms with E-state index in [1.807, 2.05) is 0 Å². The molecule has 1 aromatic carbocycles. The van der Waals surface area contributed by atoms with E-state index in [1.165, 1.54) is 12.1 Å². The summed E-state index contributed by atoms with van der Waals surface area (Å²) >= 11 is 0. The van der Waals surface area contributed by atoms with Gasteiger partial charge in [-0.3, -0.25) is 0 Å². The van der Waals surface area contributed by atoms with Crippen molar-refractivity contribution in [3.8, 4) is 6.07 Å². The van der Waals surface area contributed by atoms with Crippen molar-refractivity contribution in [3.63, 3.8) is 0 Å². The molecule has 100 valence electrons. The van der Waals surface area contributed by atoms with Crippen molar-refractivity contribution in [2.24, 2.45) is 0 Å². The van der Waals surface area contributed by atoms with E-state index < -0.39 is 9.84 Å². The van der Waals surface area contributed by atoms with E-state index in [1.54, 1.807) is 18.2 Å². The molecule has 2 radical (unpaired) electrons. The highest BCUT2D eigenvalue weighted by Gasteiger charge is 2.09. The molecule has 1 rings (SSSR count). The van der Waals surface area contributed by atoms with Gasteiger partial charge >= 0.3 is 0 Å². The van der Waals surface area contributed by atoms with Crippen LogP contribution in [0.5, 0.6) is 0 Å². The molecule has 0 saturated heterocycles. The van der Waals surface area contributed by atoms with Crippen LogP contribution in [0.4, 0.5) is 5.69 Å². The van der Waals surface area contributed by atoms with Crippen LogP contribution in [0.1, 0.15) is 0 Å². The lowest BCUT2D eigenvalue weighted by Gasteiger charge is -2.00. The number of rotatable bonds is 3. The Morgan fingerprint density at radius 2 is 1.67 bits per heavy atom. The summed E-state index contributed by atoms with van der Waals surface area (Å²) < 4.78 is 23.0. The molecule has 4 nitrogen and oxygen atoms in total. The molecule has 0 heterocycles. The van der Waals surface area contributed by atoms with Crippen molar-refractivity contribution in [1.29, 1.82) is 5.26 Å². The summed E-state index contributed by atoms with van der Waals surface area (Å²) in [6.07, 6.45) is 0.931. The van der Waals surface area contributed by atoms with Crippen LogP contribution in [-0.4, -0.2) is 8.42 Å². The van der Waals surface area contributed by atoms with E-state index in [0.29, 0.717) is 5.69 Å². The maximum absolute atomic E-state index is 11.5. The number of hydrogen-bond acceptors (Lipinski definition) is 4. The summed E-state index contributed by atoms with van der Waals surface area (Å²) in [6, 6.07) is 7.68. The van der Waals surface area contributed by atoms with E-state index >= 15 is 0 Å². The first-order chi connectivity index (χ1) is 7.10. The van der Waals surface area contributed by atoms with Crippen LogP contribution in [-0.2, 0) is 9.84 Å². The minimum Gasteiger partial charge on any atom is -0.354 e. The second-order valence-corrected chi connectivity index (χ2v) is 4.67. The van der Waals surface area contributed by atoms with Gasteiger partial charge in [0.2, 0.25) is 9.84 Å². The minimum atomic E-state index is -3.50. The molecular weight excluding hydrogens is 338 g/mol. The Labute approximate surface area is 127 Å². The molecule has 0 aliphatic rings. The molecule has 0 aliphatic carbocycles. The number of anilines is 1. The molecule has 1 aromatic rings.